The summed E-state index contributed by atoms with van der Waals surface area (Å²) in [5, 5.41) is 11.3. The molecule has 0 aliphatic carbocycles. The fourth-order valence-corrected chi connectivity index (χ4v) is 4.58. The van der Waals surface area contributed by atoms with Gasteiger partial charge in [0.25, 0.3) is 5.91 Å². The van der Waals surface area contributed by atoms with Gasteiger partial charge in [0.1, 0.15) is 0 Å². The molecule has 180 valence electrons. The Morgan fingerprint density at radius 2 is 1.61 bits per heavy atom. The van der Waals surface area contributed by atoms with Crippen molar-refractivity contribution in [3.8, 4) is 0 Å². The van der Waals surface area contributed by atoms with Gasteiger partial charge in [-0.1, -0.05) is 20.8 Å². The molecule has 10 heteroatoms. The van der Waals surface area contributed by atoms with Gasteiger partial charge in [-0.3, -0.25) is 9.36 Å². The number of nitrogens with zero attached hydrogens (tertiary/aromatic N) is 2. The number of methoxy groups -OCH3 is 1. The van der Waals surface area contributed by atoms with Gasteiger partial charge in [0, 0.05) is 29.0 Å². The molecule has 8 nitrogen and oxygen atoms in total. The first-order valence-electron chi connectivity index (χ1n) is 10.5. The summed E-state index contributed by atoms with van der Waals surface area (Å²) in [5.74, 6) is -0.355. The quantitative estimate of drug-likeness (QED) is 0.240. The first-order chi connectivity index (χ1) is 15.4. The molecule has 0 aliphatic heterocycles. The van der Waals surface area contributed by atoms with E-state index >= 15 is 0 Å². The summed E-state index contributed by atoms with van der Waals surface area (Å²) >= 11 is 1.79. The lowest BCUT2D eigenvalue weighted by Crippen LogP contribution is -2.45. The van der Waals surface area contributed by atoms with Crippen molar-refractivity contribution < 1.29 is 23.5 Å². The predicted molar refractivity (Wildman–Crippen MR) is 132 cm³/mol. The van der Waals surface area contributed by atoms with Gasteiger partial charge in [0.05, 0.1) is 30.1 Å². The van der Waals surface area contributed by atoms with Gasteiger partial charge in [0.15, 0.2) is 0 Å². The first kappa shape index (κ1) is 27.2. The number of benzene rings is 2. The Morgan fingerprint density at radius 1 is 1.09 bits per heavy atom. The van der Waals surface area contributed by atoms with Crippen LogP contribution in [0.2, 0.25) is 0 Å². The number of amides is 1. The van der Waals surface area contributed by atoms with Crippen LogP contribution in [-0.4, -0.2) is 48.1 Å². The lowest BCUT2D eigenvalue weighted by Gasteiger charge is -2.25. The fraction of sp³-hybridized carbons (Fsp3) is 0.435. The van der Waals surface area contributed by atoms with Gasteiger partial charge in [-0.25, -0.2) is 0 Å². The van der Waals surface area contributed by atoms with E-state index in [2.05, 4.69) is 36.3 Å². The summed E-state index contributed by atoms with van der Waals surface area (Å²) in [7, 11) is -2.22. The molecule has 1 unspecified atom stereocenters. The summed E-state index contributed by atoms with van der Waals surface area (Å²) < 4.78 is 21.9. The van der Waals surface area contributed by atoms with Crippen molar-refractivity contribution in [1.29, 1.82) is 0 Å². The van der Waals surface area contributed by atoms with E-state index in [1.807, 2.05) is 24.3 Å². The number of nitrogens with one attached hydrogen (secondary N) is 1. The van der Waals surface area contributed by atoms with Crippen molar-refractivity contribution >= 4 is 36.6 Å². The van der Waals surface area contributed by atoms with Crippen LogP contribution in [0, 0.1) is 0 Å². The largest absolute Gasteiger partial charge is 0.382 e. The van der Waals surface area contributed by atoms with Crippen LogP contribution in [0.25, 0.3) is 0 Å². The van der Waals surface area contributed by atoms with Gasteiger partial charge in [-0.2, -0.15) is 10.2 Å². The predicted octanol–water partition coefficient (Wildman–Crippen LogP) is 5.96. The number of thioether (sulfide) groups is 1. The zero-order valence-corrected chi connectivity index (χ0v) is 21.5. The number of carbonyl (C=O) groups excluding carboxylic acids is 1. The fourth-order valence-electron chi connectivity index (χ4n) is 2.84. The minimum atomic E-state index is -3.70. The van der Waals surface area contributed by atoms with Crippen molar-refractivity contribution in [2.75, 3.05) is 20.4 Å². The maximum atomic E-state index is 12.6. The topological polar surface area (TPSA) is 110 Å². The molecular formula is C23H32N3O5PS. The monoisotopic (exact) mass is 493 g/mol. The number of hydrogen-bond donors (Lipinski definition) is 2. The number of hydrogen-bond acceptors (Lipinski definition) is 7. The average Bonchev–Trinajstić information content (AvgIpc) is 2.71. The van der Waals surface area contributed by atoms with E-state index < -0.39 is 19.7 Å². The number of carbonyl (C=O) groups is 1. The van der Waals surface area contributed by atoms with E-state index in [-0.39, 0.29) is 17.3 Å². The molecule has 0 spiro atoms. The molecule has 2 rings (SSSR count). The highest BCUT2D eigenvalue weighted by atomic mass is 32.2. The molecule has 2 aromatic carbocycles. The van der Waals surface area contributed by atoms with Crippen molar-refractivity contribution in [3.05, 3.63) is 54.1 Å². The summed E-state index contributed by atoms with van der Waals surface area (Å²) in [4.78, 5) is 23.2. The Balaban J connectivity index is 2.00. The minimum absolute atomic E-state index is 0.131. The van der Waals surface area contributed by atoms with E-state index in [1.54, 1.807) is 43.0 Å². The van der Waals surface area contributed by atoms with Gasteiger partial charge >= 0.3 is 7.60 Å². The van der Waals surface area contributed by atoms with E-state index in [1.165, 1.54) is 12.0 Å². The molecule has 0 saturated heterocycles. The van der Waals surface area contributed by atoms with Crippen molar-refractivity contribution in [3.63, 3.8) is 0 Å². The maximum absolute atomic E-state index is 12.6. The molecule has 0 fully saturated rings. The van der Waals surface area contributed by atoms with Crippen molar-refractivity contribution in [2.45, 2.75) is 49.5 Å². The van der Waals surface area contributed by atoms with E-state index in [0.717, 1.165) is 12.4 Å². The molecule has 0 heterocycles. The highest BCUT2D eigenvalue weighted by molar-refractivity contribution is 8.00. The summed E-state index contributed by atoms with van der Waals surface area (Å²) in [6.07, 6.45) is -0.712. The zero-order chi connectivity index (χ0) is 24.6. The van der Waals surface area contributed by atoms with Crippen LogP contribution >= 0.6 is 19.4 Å². The molecule has 0 aliphatic rings. The number of azo groups is 1. The van der Waals surface area contributed by atoms with E-state index in [4.69, 9.17) is 9.26 Å². The molecule has 0 radical (unpaired) electrons. The van der Waals surface area contributed by atoms with Gasteiger partial charge in [-0.15, -0.1) is 11.8 Å². The second-order valence-electron chi connectivity index (χ2n) is 8.60. The van der Waals surface area contributed by atoms with Crippen LogP contribution in [0.3, 0.4) is 0 Å². The third-order valence-electron chi connectivity index (χ3n) is 4.26. The van der Waals surface area contributed by atoms with Crippen LogP contribution in [0.1, 0.15) is 38.1 Å². The molecular weight excluding hydrogens is 461 g/mol. The summed E-state index contributed by atoms with van der Waals surface area (Å²) in [6.45, 7) is 9.33. The van der Waals surface area contributed by atoms with E-state index in [9.17, 15) is 14.3 Å². The standard InChI is InChI=1S/C23H32N3O5PS/c1-16(31-32(6,28)29)21(15-30-5)24-22(27)17-7-9-18(10-8-17)25-26-19-11-13-20(14-12-19)33-23(2,3)4/h7-14,16,21H,15H2,1-6H3,(H,24,27)(H,28,29)/t16-,21-/m1/s1. The smallest absolute Gasteiger partial charge is 0.325 e. The Labute approximate surface area is 199 Å². The molecule has 0 aromatic heterocycles. The molecule has 1 amide bonds. The van der Waals surface area contributed by atoms with Gasteiger partial charge < -0.3 is 19.5 Å². The lowest BCUT2D eigenvalue weighted by atomic mass is 10.1. The zero-order valence-electron chi connectivity index (χ0n) is 19.8. The summed E-state index contributed by atoms with van der Waals surface area (Å²) in [5.41, 5.74) is 1.76. The highest BCUT2D eigenvalue weighted by Crippen LogP contribution is 2.38. The van der Waals surface area contributed by atoms with Crippen LogP contribution in [0.15, 0.2) is 63.7 Å². The molecule has 0 bridgehead atoms. The molecule has 2 N–H and O–H groups in total. The SMILES string of the molecule is COC[C@@H](NC(=O)c1ccc(N=Nc2ccc(SC(C)(C)C)cc2)cc1)[C@@H](C)OP(C)(=O)O. The number of ether oxygens (including phenoxy) is 1. The third-order valence-corrected chi connectivity index (χ3v) is 6.11. The second kappa shape index (κ2) is 11.9. The molecule has 3 atom stereocenters. The Bertz CT molecular complexity index is 985. The third kappa shape index (κ3) is 10.2. The van der Waals surface area contributed by atoms with Crippen molar-refractivity contribution in [2.24, 2.45) is 10.2 Å². The van der Waals surface area contributed by atoms with Crippen LogP contribution in [0.5, 0.6) is 0 Å². The number of rotatable bonds is 10. The first-order valence-corrected chi connectivity index (χ1v) is 13.3. The van der Waals surface area contributed by atoms with Crippen molar-refractivity contribution in [1.82, 2.24) is 5.32 Å². The van der Waals surface area contributed by atoms with Crippen LogP contribution in [0.4, 0.5) is 11.4 Å². The minimum Gasteiger partial charge on any atom is -0.382 e. The lowest BCUT2D eigenvalue weighted by molar-refractivity contribution is 0.0702. The normalized spacial score (nSPS) is 15.7. The van der Waals surface area contributed by atoms with E-state index in [0.29, 0.717) is 11.3 Å². The Hall–Kier alpha value is -2.03. The second-order valence-corrected chi connectivity index (χ2v) is 12.3. The Morgan fingerprint density at radius 3 is 2.06 bits per heavy atom. The molecule has 2 aromatic rings. The average molecular weight is 494 g/mol. The van der Waals surface area contributed by atoms with Crippen LogP contribution < -0.4 is 5.32 Å². The maximum Gasteiger partial charge on any atom is 0.325 e. The Kier molecular flexibility index (Phi) is 9.82. The van der Waals surface area contributed by atoms with Crippen LogP contribution in [-0.2, 0) is 13.8 Å². The van der Waals surface area contributed by atoms with Gasteiger partial charge in [0.2, 0.25) is 0 Å². The summed E-state index contributed by atoms with van der Waals surface area (Å²) in [6, 6.07) is 13.9. The van der Waals surface area contributed by atoms with Gasteiger partial charge in [-0.05, 0) is 55.5 Å². The highest BCUT2D eigenvalue weighted by Gasteiger charge is 2.26. The molecule has 33 heavy (non-hydrogen) atoms. The molecule has 0 saturated carbocycles.